The molecule has 1 aliphatic heterocycles. The molecule has 0 saturated carbocycles. The van der Waals surface area contributed by atoms with Crippen molar-refractivity contribution in [3.05, 3.63) is 0 Å². The first-order valence-corrected chi connectivity index (χ1v) is 6.33. The van der Waals surface area contributed by atoms with Crippen molar-refractivity contribution in [1.29, 1.82) is 0 Å². The minimum atomic E-state index is -0.179. The Hall–Kier alpha value is -0.200. The van der Waals surface area contributed by atoms with E-state index in [9.17, 15) is 0 Å². The summed E-state index contributed by atoms with van der Waals surface area (Å²) in [5.41, 5.74) is -0.178. The summed E-state index contributed by atoms with van der Waals surface area (Å²) in [4.78, 5) is 0. The molecular formula is C12H25NO4. The zero-order valence-corrected chi connectivity index (χ0v) is 11.2. The Kier molecular flexibility index (Phi) is 6.99. The first-order chi connectivity index (χ1) is 8.26. The molecule has 0 aromatic heterocycles. The van der Waals surface area contributed by atoms with Gasteiger partial charge in [-0.2, -0.15) is 0 Å². The Morgan fingerprint density at radius 1 is 1.29 bits per heavy atom. The van der Waals surface area contributed by atoms with Crippen LogP contribution in [0.5, 0.6) is 0 Å². The molecule has 1 unspecified atom stereocenters. The van der Waals surface area contributed by atoms with Crippen LogP contribution in [0.4, 0.5) is 0 Å². The van der Waals surface area contributed by atoms with Gasteiger partial charge in [0.1, 0.15) is 5.60 Å². The van der Waals surface area contributed by atoms with E-state index >= 15 is 0 Å². The lowest BCUT2D eigenvalue weighted by Gasteiger charge is -2.27. The molecule has 0 amide bonds. The second kappa shape index (κ2) is 8.00. The molecule has 5 nitrogen and oxygen atoms in total. The first-order valence-electron chi connectivity index (χ1n) is 6.33. The maximum atomic E-state index is 5.53. The summed E-state index contributed by atoms with van der Waals surface area (Å²) < 4.78 is 21.8. The number of ether oxygens (including phenoxy) is 4. The third kappa shape index (κ3) is 4.89. The number of hydrogen-bond acceptors (Lipinski definition) is 5. The van der Waals surface area contributed by atoms with Crippen LogP contribution in [0.1, 0.15) is 20.3 Å². The van der Waals surface area contributed by atoms with Gasteiger partial charge >= 0.3 is 0 Å². The van der Waals surface area contributed by atoms with Crippen molar-refractivity contribution >= 4 is 0 Å². The number of nitrogens with one attached hydrogen (secondary N) is 1. The molecule has 1 atom stereocenters. The lowest BCUT2D eigenvalue weighted by Crippen LogP contribution is -2.45. The highest BCUT2D eigenvalue weighted by Crippen LogP contribution is 2.21. The quantitative estimate of drug-likeness (QED) is 0.610. The van der Waals surface area contributed by atoms with Gasteiger partial charge in [0.25, 0.3) is 0 Å². The maximum absolute atomic E-state index is 5.53. The Bertz CT molecular complexity index is 189. The van der Waals surface area contributed by atoms with Gasteiger partial charge in [-0.3, -0.25) is 0 Å². The van der Waals surface area contributed by atoms with E-state index in [0.717, 1.165) is 19.6 Å². The van der Waals surface area contributed by atoms with Crippen LogP contribution < -0.4 is 5.32 Å². The minimum Gasteiger partial charge on any atom is -0.378 e. The topological polar surface area (TPSA) is 49.0 Å². The summed E-state index contributed by atoms with van der Waals surface area (Å²) in [6.07, 6.45) is 0.756. The van der Waals surface area contributed by atoms with E-state index < -0.39 is 0 Å². The third-order valence-corrected chi connectivity index (χ3v) is 2.96. The molecule has 0 spiro atoms. The van der Waals surface area contributed by atoms with Gasteiger partial charge in [0, 0.05) is 46.4 Å². The second-order valence-electron chi connectivity index (χ2n) is 4.16. The molecule has 1 aliphatic rings. The van der Waals surface area contributed by atoms with Crippen molar-refractivity contribution < 1.29 is 18.9 Å². The summed E-state index contributed by atoms with van der Waals surface area (Å²) in [5, 5.41) is 3.33. The van der Waals surface area contributed by atoms with Gasteiger partial charge in [-0.25, -0.2) is 0 Å². The van der Waals surface area contributed by atoms with Gasteiger partial charge < -0.3 is 24.3 Å². The van der Waals surface area contributed by atoms with Crippen LogP contribution in [-0.4, -0.2) is 58.5 Å². The van der Waals surface area contributed by atoms with Gasteiger partial charge in [-0.15, -0.1) is 0 Å². The Balaban J connectivity index is 2.24. The molecular weight excluding hydrogens is 222 g/mol. The fourth-order valence-corrected chi connectivity index (χ4v) is 1.92. The summed E-state index contributed by atoms with van der Waals surface area (Å²) in [5.74, 6) is 0. The van der Waals surface area contributed by atoms with E-state index in [-0.39, 0.29) is 11.9 Å². The molecule has 17 heavy (non-hydrogen) atoms. The zero-order valence-electron chi connectivity index (χ0n) is 11.2. The van der Waals surface area contributed by atoms with E-state index in [2.05, 4.69) is 5.32 Å². The van der Waals surface area contributed by atoms with E-state index in [0.29, 0.717) is 26.4 Å². The van der Waals surface area contributed by atoms with Crippen molar-refractivity contribution in [3.8, 4) is 0 Å². The molecule has 1 saturated heterocycles. The molecule has 0 bridgehead atoms. The number of methoxy groups -OCH3 is 1. The fourth-order valence-electron chi connectivity index (χ4n) is 1.92. The summed E-state index contributed by atoms with van der Waals surface area (Å²) in [7, 11) is 1.74. The van der Waals surface area contributed by atoms with Crippen LogP contribution in [0.15, 0.2) is 0 Å². The molecule has 1 N–H and O–H groups in total. The molecule has 1 heterocycles. The van der Waals surface area contributed by atoms with Gasteiger partial charge in [0.2, 0.25) is 0 Å². The minimum absolute atomic E-state index is 0.178. The molecule has 1 fully saturated rings. The van der Waals surface area contributed by atoms with Gasteiger partial charge in [-0.1, -0.05) is 0 Å². The van der Waals surface area contributed by atoms with Crippen LogP contribution in [0.25, 0.3) is 0 Å². The summed E-state index contributed by atoms with van der Waals surface area (Å²) >= 11 is 0. The average Bonchev–Trinajstić information content (AvgIpc) is 2.79. The van der Waals surface area contributed by atoms with Crippen molar-refractivity contribution in [2.24, 2.45) is 0 Å². The van der Waals surface area contributed by atoms with Crippen molar-refractivity contribution in [2.75, 3.05) is 46.6 Å². The van der Waals surface area contributed by atoms with E-state index in [1.54, 1.807) is 7.11 Å². The highest BCUT2D eigenvalue weighted by atomic mass is 16.7. The maximum Gasteiger partial charge on any atom is 0.169 e. The van der Waals surface area contributed by atoms with Crippen molar-refractivity contribution in [3.63, 3.8) is 0 Å². The van der Waals surface area contributed by atoms with Crippen LogP contribution >= 0.6 is 0 Å². The summed E-state index contributed by atoms with van der Waals surface area (Å²) in [6, 6.07) is 0. The van der Waals surface area contributed by atoms with E-state index in [4.69, 9.17) is 18.9 Å². The highest BCUT2D eigenvalue weighted by Gasteiger charge is 2.34. The van der Waals surface area contributed by atoms with E-state index in [1.165, 1.54) is 0 Å². The molecule has 5 heteroatoms. The summed E-state index contributed by atoms with van der Waals surface area (Å²) in [6.45, 7) is 8.12. The smallest absolute Gasteiger partial charge is 0.169 e. The first kappa shape index (κ1) is 14.9. The number of rotatable bonds is 9. The van der Waals surface area contributed by atoms with Crippen molar-refractivity contribution in [1.82, 2.24) is 5.32 Å². The standard InChI is InChI=1S/C12H25NO4/c1-4-16-11(17-5-2)8-13-9-12(14-3)6-7-15-10-12/h11,13H,4-10H2,1-3H3. The monoisotopic (exact) mass is 247 g/mol. The van der Waals surface area contributed by atoms with Gasteiger partial charge in [-0.05, 0) is 13.8 Å². The van der Waals surface area contributed by atoms with Crippen LogP contribution in [-0.2, 0) is 18.9 Å². The Morgan fingerprint density at radius 3 is 2.47 bits per heavy atom. The van der Waals surface area contributed by atoms with Crippen LogP contribution in [0, 0.1) is 0 Å². The van der Waals surface area contributed by atoms with E-state index in [1.807, 2.05) is 13.8 Å². The molecule has 102 valence electrons. The van der Waals surface area contributed by atoms with Gasteiger partial charge in [0.05, 0.1) is 6.61 Å². The normalized spacial score (nSPS) is 24.7. The largest absolute Gasteiger partial charge is 0.378 e. The predicted molar refractivity (Wildman–Crippen MR) is 65.1 cm³/mol. The van der Waals surface area contributed by atoms with Crippen LogP contribution in [0.3, 0.4) is 0 Å². The fraction of sp³-hybridized carbons (Fsp3) is 1.00. The molecule has 1 rings (SSSR count). The third-order valence-electron chi connectivity index (χ3n) is 2.96. The van der Waals surface area contributed by atoms with Crippen molar-refractivity contribution in [2.45, 2.75) is 32.2 Å². The highest BCUT2D eigenvalue weighted by molar-refractivity contribution is 4.86. The Morgan fingerprint density at radius 2 is 2.00 bits per heavy atom. The predicted octanol–water partition coefficient (Wildman–Crippen LogP) is 0.781. The molecule has 0 aromatic rings. The van der Waals surface area contributed by atoms with Crippen LogP contribution in [0.2, 0.25) is 0 Å². The molecule has 0 radical (unpaired) electrons. The SMILES string of the molecule is CCOC(CNCC1(OC)CCOC1)OCC. The number of hydrogen-bond donors (Lipinski definition) is 1. The lowest BCUT2D eigenvalue weighted by atomic mass is 10.0. The second-order valence-corrected chi connectivity index (χ2v) is 4.16. The lowest BCUT2D eigenvalue weighted by molar-refractivity contribution is -0.134. The molecule has 0 aliphatic carbocycles. The average molecular weight is 247 g/mol. The zero-order chi connectivity index (χ0) is 12.6. The Labute approximate surface area is 104 Å². The van der Waals surface area contributed by atoms with Gasteiger partial charge in [0.15, 0.2) is 6.29 Å². The molecule has 0 aromatic carbocycles.